The standard InChI is InChI=1S/C12H8N2S/c1-2-8-4-6-10-12-9(13-15-14-10)5-3-7(1)11(8)12/h3-6H,1-2H2. The number of nitrogens with zero attached hydrogens (tertiary/aromatic N) is 2. The fourth-order valence-corrected chi connectivity index (χ4v) is 3.07. The monoisotopic (exact) mass is 212 g/mol. The van der Waals surface area contributed by atoms with Gasteiger partial charge in [0.05, 0.1) is 22.7 Å². The molecule has 1 heterocycles. The third kappa shape index (κ3) is 0.887. The Morgan fingerprint density at radius 2 is 1.40 bits per heavy atom. The molecule has 15 heavy (non-hydrogen) atoms. The largest absolute Gasteiger partial charge is 0.175 e. The molecule has 2 aromatic rings. The summed E-state index contributed by atoms with van der Waals surface area (Å²) in [5.74, 6) is 0. The van der Waals surface area contributed by atoms with Crippen LogP contribution in [0.1, 0.15) is 11.1 Å². The van der Waals surface area contributed by atoms with Crippen LogP contribution in [0.25, 0.3) is 10.8 Å². The second-order valence-electron chi connectivity index (χ2n) is 4.00. The molecule has 0 atom stereocenters. The molecular formula is C12H8N2S. The number of hydrogen-bond acceptors (Lipinski definition) is 2. The number of hydrogen-bond donors (Lipinski definition) is 0. The zero-order chi connectivity index (χ0) is 9.83. The smallest absolute Gasteiger partial charge is 0.0876 e. The van der Waals surface area contributed by atoms with Crippen LogP contribution in [0, 0.1) is 0 Å². The van der Waals surface area contributed by atoms with E-state index in [1.165, 1.54) is 46.1 Å². The van der Waals surface area contributed by atoms with Crippen LogP contribution in [0.3, 0.4) is 0 Å². The molecule has 0 fully saturated rings. The average molecular weight is 212 g/mol. The topological polar surface area (TPSA) is 24.7 Å². The van der Waals surface area contributed by atoms with Gasteiger partial charge in [-0.2, -0.15) is 8.73 Å². The lowest BCUT2D eigenvalue weighted by atomic mass is 10.0. The van der Waals surface area contributed by atoms with E-state index in [4.69, 9.17) is 0 Å². The van der Waals surface area contributed by atoms with Gasteiger partial charge in [-0.3, -0.25) is 0 Å². The lowest BCUT2D eigenvalue weighted by Crippen LogP contribution is -1.82. The van der Waals surface area contributed by atoms with Gasteiger partial charge in [0.15, 0.2) is 0 Å². The predicted molar refractivity (Wildman–Crippen MR) is 62.9 cm³/mol. The fraction of sp³-hybridized carbons (Fsp3) is 0.167. The van der Waals surface area contributed by atoms with Crippen molar-refractivity contribution in [1.29, 1.82) is 0 Å². The van der Waals surface area contributed by atoms with Crippen molar-refractivity contribution < 1.29 is 0 Å². The molecule has 4 rings (SSSR count). The molecule has 0 spiro atoms. The molecule has 0 saturated carbocycles. The van der Waals surface area contributed by atoms with Gasteiger partial charge in [0, 0.05) is 5.39 Å². The van der Waals surface area contributed by atoms with E-state index in [-0.39, 0.29) is 0 Å². The quantitative estimate of drug-likeness (QED) is 0.543. The molecule has 2 aromatic carbocycles. The van der Waals surface area contributed by atoms with Gasteiger partial charge in [-0.05, 0) is 41.5 Å². The molecule has 0 unspecified atom stereocenters. The third-order valence-electron chi connectivity index (χ3n) is 3.23. The summed E-state index contributed by atoms with van der Waals surface area (Å²) in [4.78, 5) is 0. The van der Waals surface area contributed by atoms with Crippen molar-refractivity contribution in [2.45, 2.75) is 12.8 Å². The lowest BCUT2D eigenvalue weighted by Gasteiger charge is -2.08. The van der Waals surface area contributed by atoms with Crippen LogP contribution in [-0.4, -0.2) is 0 Å². The zero-order valence-corrected chi connectivity index (χ0v) is 8.84. The summed E-state index contributed by atoms with van der Waals surface area (Å²) in [7, 11) is 0. The van der Waals surface area contributed by atoms with Crippen LogP contribution in [0.4, 0.5) is 11.4 Å². The SMILES string of the molecule is c1cc2c3c(ccc4c3c1CC4)N=S=N2. The van der Waals surface area contributed by atoms with Crippen molar-refractivity contribution >= 4 is 33.5 Å². The minimum Gasteiger partial charge on any atom is -0.175 e. The highest BCUT2D eigenvalue weighted by atomic mass is 32.1. The van der Waals surface area contributed by atoms with Gasteiger partial charge in [-0.25, -0.2) is 0 Å². The Bertz CT molecular complexity index is 616. The molecule has 0 saturated heterocycles. The Balaban J connectivity index is 2.35. The first-order valence-electron chi connectivity index (χ1n) is 5.09. The highest BCUT2D eigenvalue weighted by Gasteiger charge is 2.19. The summed E-state index contributed by atoms with van der Waals surface area (Å²) in [6, 6.07) is 8.68. The minimum absolute atomic E-state index is 1.09. The fourth-order valence-electron chi connectivity index (χ4n) is 2.55. The second-order valence-corrected chi connectivity index (χ2v) is 4.53. The van der Waals surface area contributed by atoms with Crippen molar-refractivity contribution in [3.05, 3.63) is 35.4 Å². The van der Waals surface area contributed by atoms with Crippen LogP contribution in [0.15, 0.2) is 33.0 Å². The van der Waals surface area contributed by atoms with E-state index in [0.717, 1.165) is 11.4 Å². The van der Waals surface area contributed by atoms with Crippen LogP contribution >= 0.6 is 0 Å². The Labute approximate surface area is 90.8 Å². The van der Waals surface area contributed by atoms with E-state index in [2.05, 4.69) is 33.0 Å². The van der Waals surface area contributed by atoms with Crippen molar-refractivity contribution in [2.24, 2.45) is 8.73 Å². The van der Waals surface area contributed by atoms with Crippen LogP contribution in [0.2, 0.25) is 0 Å². The van der Waals surface area contributed by atoms with Crippen molar-refractivity contribution in [3.63, 3.8) is 0 Å². The van der Waals surface area contributed by atoms with E-state index in [9.17, 15) is 0 Å². The van der Waals surface area contributed by atoms with Crippen LogP contribution in [0.5, 0.6) is 0 Å². The lowest BCUT2D eigenvalue weighted by molar-refractivity contribution is 1.02. The number of rotatable bonds is 0. The van der Waals surface area contributed by atoms with E-state index in [0.29, 0.717) is 0 Å². The molecule has 0 amide bonds. The number of aryl methyl sites for hydroxylation is 2. The molecule has 0 radical (unpaired) electrons. The Morgan fingerprint density at radius 3 is 2.00 bits per heavy atom. The van der Waals surface area contributed by atoms with Crippen LogP contribution < -0.4 is 0 Å². The summed E-state index contributed by atoms with van der Waals surface area (Å²) >= 11 is 1.29. The first-order valence-corrected chi connectivity index (χ1v) is 5.82. The van der Waals surface area contributed by atoms with Gasteiger partial charge in [0.25, 0.3) is 0 Å². The highest BCUT2D eigenvalue weighted by Crippen LogP contribution is 2.42. The minimum atomic E-state index is 1.09. The van der Waals surface area contributed by atoms with Gasteiger partial charge in [0.1, 0.15) is 0 Å². The van der Waals surface area contributed by atoms with E-state index < -0.39 is 0 Å². The molecule has 2 nitrogen and oxygen atoms in total. The molecule has 0 N–H and O–H groups in total. The van der Waals surface area contributed by atoms with E-state index >= 15 is 0 Å². The van der Waals surface area contributed by atoms with Gasteiger partial charge < -0.3 is 0 Å². The second kappa shape index (κ2) is 2.55. The predicted octanol–water partition coefficient (Wildman–Crippen LogP) is 3.66. The Hall–Kier alpha value is -1.48. The average Bonchev–Trinajstić information content (AvgIpc) is 2.71. The first kappa shape index (κ1) is 7.77. The Kier molecular flexibility index (Phi) is 1.32. The summed E-state index contributed by atoms with van der Waals surface area (Å²) in [5, 5.41) is 2.68. The van der Waals surface area contributed by atoms with E-state index in [1.807, 2.05) is 0 Å². The van der Waals surface area contributed by atoms with Crippen molar-refractivity contribution in [3.8, 4) is 0 Å². The summed E-state index contributed by atoms with van der Waals surface area (Å²) in [6.45, 7) is 0. The number of benzene rings is 2. The normalized spacial score (nSPS) is 15.7. The maximum atomic E-state index is 4.37. The molecule has 72 valence electrons. The molecule has 1 aliphatic carbocycles. The summed E-state index contributed by atoms with van der Waals surface area (Å²) in [5.41, 5.74) is 5.10. The summed E-state index contributed by atoms with van der Waals surface area (Å²) in [6.07, 6.45) is 2.34. The maximum absolute atomic E-state index is 4.37. The summed E-state index contributed by atoms with van der Waals surface area (Å²) < 4.78 is 8.74. The third-order valence-corrected chi connectivity index (χ3v) is 3.79. The maximum Gasteiger partial charge on any atom is 0.0876 e. The molecule has 0 bridgehead atoms. The van der Waals surface area contributed by atoms with E-state index in [1.54, 1.807) is 0 Å². The van der Waals surface area contributed by atoms with Gasteiger partial charge in [-0.15, -0.1) is 0 Å². The van der Waals surface area contributed by atoms with Crippen molar-refractivity contribution in [2.75, 3.05) is 0 Å². The first-order chi connectivity index (χ1) is 7.43. The van der Waals surface area contributed by atoms with Gasteiger partial charge in [-0.1, -0.05) is 12.1 Å². The van der Waals surface area contributed by atoms with Crippen LogP contribution in [-0.2, 0) is 24.2 Å². The molecule has 3 heteroatoms. The highest BCUT2D eigenvalue weighted by molar-refractivity contribution is 7.57. The van der Waals surface area contributed by atoms with Crippen molar-refractivity contribution in [1.82, 2.24) is 0 Å². The Morgan fingerprint density at radius 1 is 0.800 bits per heavy atom. The zero-order valence-electron chi connectivity index (χ0n) is 8.03. The van der Waals surface area contributed by atoms with Gasteiger partial charge in [0.2, 0.25) is 0 Å². The molecule has 1 aliphatic heterocycles. The van der Waals surface area contributed by atoms with Gasteiger partial charge >= 0.3 is 0 Å². The molecule has 2 aliphatic rings. The molecular weight excluding hydrogens is 204 g/mol. The molecule has 0 aromatic heterocycles.